The molecule has 0 radical (unpaired) electrons. The molecule has 0 saturated carbocycles. The summed E-state index contributed by atoms with van der Waals surface area (Å²) in [4.78, 5) is 28.5. The van der Waals surface area contributed by atoms with Gasteiger partial charge in [0.1, 0.15) is 0 Å². The summed E-state index contributed by atoms with van der Waals surface area (Å²) in [5, 5.41) is 1.05. The lowest BCUT2D eigenvalue weighted by Gasteiger charge is -2.11. The SMILES string of the molecule is CCOC(=O)c1nc2ccccc2c(=O)n1CCBr. The van der Waals surface area contributed by atoms with Gasteiger partial charge in [-0.3, -0.25) is 9.36 Å². The second kappa shape index (κ2) is 5.97. The van der Waals surface area contributed by atoms with Crippen LogP contribution in [-0.2, 0) is 11.3 Å². The molecule has 5 nitrogen and oxygen atoms in total. The number of aromatic nitrogens is 2. The van der Waals surface area contributed by atoms with E-state index in [0.29, 0.717) is 22.8 Å². The number of ether oxygens (including phenoxy) is 1. The van der Waals surface area contributed by atoms with E-state index < -0.39 is 5.97 Å². The topological polar surface area (TPSA) is 61.2 Å². The summed E-state index contributed by atoms with van der Waals surface area (Å²) in [6.45, 7) is 2.33. The van der Waals surface area contributed by atoms with Gasteiger partial charge in [-0.15, -0.1) is 0 Å². The third-order valence-corrected chi connectivity index (χ3v) is 2.98. The fourth-order valence-electron chi connectivity index (χ4n) is 1.81. The molecule has 2 rings (SSSR count). The second-order valence-electron chi connectivity index (χ2n) is 3.82. The Balaban J connectivity index is 2.70. The number of carbonyl (C=O) groups is 1. The van der Waals surface area contributed by atoms with E-state index in [1.807, 2.05) is 0 Å². The number of hydrogen-bond donors (Lipinski definition) is 0. The van der Waals surface area contributed by atoms with Crippen molar-refractivity contribution in [2.45, 2.75) is 13.5 Å². The molecule has 0 aliphatic carbocycles. The molecule has 2 aromatic rings. The Morgan fingerprint density at radius 2 is 2.16 bits per heavy atom. The number of hydrogen-bond acceptors (Lipinski definition) is 4. The number of nitrogens with zero attached hydrogens (tertiary/aromatic N) is 2. The van der Waals surface area contributed by atoms with Crippen molar-refractivity contribution in [2.75, 3.05) is 11.9 Å². The highest BCUT2D eigenvalue weighted by Gasteiger charge is 2.17. The standard InChI is InChI=1S/C13H13BrN2O3/c1-2-19-13(18)11-15-10-6-4-3-5-9(10)12(17)16(11)8-7-14/h3-6H,2,7-8H2,1H3. The molecule has 100 valence electrons. The zero-order chi connectivity index (χ0) is 13.8. The molecule has 0 N–H and O–H groups in total. The molecule has 19 heavy (non-hydrogen) atoms. The minimum absolute atomic E-state index is 0.0463. The van der Waals surface area contributed by atoms with Gasteiger partial charge in [0.15, 0.2) is 0 Å². The molecule has 6 heteroatoms. The lowest BCUT2D eigenvalue weighted by molar-refractivity contribution is 0.0504. The Morgan fingerprint density at radius 1 is 1.42 bits per heavy atom. The van der Waals surface area contributed by atoms with E-state index in [1.54, 1.807) is 31.2 Å². The first-order valence-corrected chi connectivity index (χ1v) is 7.03. The monoisotopic (exact) mass is 324 g/mol. The van der Waals surface area contributed by atoms with E-state index in [4.69, 9.17) is 4.74 Å². The quantitative estimate of drug-likeness (QED) is 0.637. The molecule has 0 unspecified atom stereocenters. The predicted octanol–water partition coefficient (Wildman–Crippen LogP) is 1.97. The van der Waals surface area contributed by atoms with Gasteiger partial charge in [-0.05, 0) is 19.1 Å². The highest BCUT2D eigenvalue weighted by molar-refractivity contribution is 9.09. The van der Waals surface area contributed by atoms with Crippen molar-refractivity contribution in [2.24, 2.45) is 0 Å². The summed E-state index contributed by atoms with van der Waals surface area (Å²) in [6.07, 6.45) is 0. The number of para-hydroxylation sites is 1. The average molecular weight is 325 g/mol. The zero-order valence-corrected chi connectivity index (χ0v) is 12.0. The van der Waals surface area contributed by atoms with Crippen LogP contribution in [0, 0.1) is 0 Å². The Bertz CT molecular complexity index is 666. The average Bonchev–Trinajstić information content (AvgIpc) is 2.42. The molecule has 0 aliphatic rings. The van der Waals surface area contributed by atoms with Crippen molar-refractivity contribution in [1.29, 1.82) is 0 Å². The number of carbonyl (C=O) groups excluding carboxylic acids is 1. The number of esters is 1. The van der Waals surface area contributed by atoms with Crippen LogP contribution >= 0.6 is 15.9 Å². The van der Waals surface area contributed by atoms with E-state index in [0.717, 1.165) is 0 Å². The first kappa shape index (κ1) is 13.7. The van der Waals surface area contributed by atoms with Crippen molar-refractivity contribution < 1.29 is 9.53 Å². The van der Waals surface area contributed by atoms with Crippen LogP contribution in [0.2, 0.25) is 0 Å². The molecular weight excluding hydrogens is 312 g/mol. The second-order valence-corrected chi connectivity index (χ2v) is 4.61. The Morgan fingerprint density at radius 3 is 2.84 bits per heavy atom. The van der Waals surface area contributed by atoms with Crippen molar-refractivity contribution >= 4 is 32.8 Å². The van der Waals surface area contributed by atoms with Crippen molar-refractivity contribution in [1.82, 2.24) is 9.55 Å². The van der Waals surface area contributed by atoms with Gasteiger partial charge in [-0.1, -0.05) is 28.1 Å². The fourth-order valence-corrected chi connectivity index (χ4v) is 2.17. The summed E-state index contributed by atoms with van der Waals surface area (Å²) in [5.41, 5.74) is 0.273. The molecule has 0 amide bonds. The highest BCUT2D eigenvalue weighted by atomic mass is 79.9. The van der Waals surface area contributed by atoms with E-state index in [2.05, 4.69) is 20.9 Å². The Hall–Kier alpha value is -1.69. The zero-order valence-electron chi connectivity index (χ0n) is 10.4. The molecule has 0 spiro atoms. The Labute approximate surface area is 118 Å². The maximum atomic E-state index is 12.3. The van der Waals surface area contributed by atoms with E-state index in [1.165, 1.54) is 4.57 Å². The first-order chi connectivity index (χ1) is 9.19. The van der Waals surface area contributed by atoms with E-state index in [9.17, 15) is 9.59 Å². The third kappa shape index (κ3) is 2.68. The van der Waals surface area contributed by atoms with Gasteiger partial charge >= 0.3 is 5.97 Å². The van der Waals surface area contributed by atoms with E-state index in [-0.39, 0.29) is 18.0 Å². The van der Waals surface area contributed by atoms with Crippen LogP contribution in [0.15, 0.2) is 29.1 Å². The van der Waals surface area contributed by atoms with Gasteiger partial charge in [0.05, 0.1) is 17.5 Å². The summed E-state index contributed by atoms with van der Waals surface area (Å²) in [7, 11) is 0. The Kier molecular flexibility index (Phi) is 4.31. The van der Waals surface area contributed by atoms with Gasteiger partial charge in [-0.2, -0.15) is 0 Å². The summed E-state index contributed by atoms with van der Waals surface area (Å²) < 4.78 is 6.28. The van der Waals surface area contributed by atoms with Crippen LogP contribution in [0.4, 0.5) is 0 Å². The van der Waals surface area contributed by atoms with Gasteiger partial charge in [0, 0.05) is 11.9 Å². The van der Waals surface area contributed by atoms with Crippen LogP contribution in [0.3, 0.4) is 0 Å². The molecule has 1 aromatic heterocycles. The number of fused-ring (bicyclic) bond motifs is 1. The fraction of sp³-hybridized carbons (Fsp3) is 0.308. The molecule has 0 bridgehead atoms. The lowest BCUT2D eigenvalue weighted by atomic mass is 10.2. The molecule has 0 atom stereocenters. The van der Waals surface area contributed by atoms with E-state index >= 15 is 0 Å². The van der Waals surface area contributed by atoms with Crippen LogP contribution < -0.4 is 5.56 Å². The number of benzene rings is 1. The van der Waals surface area contributed by atoms with Gasteiger partial charge in [0.25, 0.3) is 5.56 Å². The van der Waals surface area contributed by atoms with Gasteiger partial charge < -0.3 is 4.74 Å². The maximum Gasteiger partial charge on any atom is 0.374 e. The number of halogens is 1. The molecule has 1 heterocycles. The smallest absolute Gasteiger partial charge is 0.374 e. The molecule has 0 aliphatic heterocycles. The van der Waals surface area contributed by atoms with Crippen LogP contribution in [0.25, 0.3) is 10.9 Å². The van der Waals surface area contributed by atoms with Gasteiger partial charge in [-0.25, -0.2) is 9.78 Å². The third-order valence-electron chi connectivity index (χ3n) is 2.63. The molecular formula is C13H13BrN2O3. The summed E-state index contributed by atoms with van der Waals surface area (Å²) in [5.74, 6) is -0.531. The normalized spacial score (nSPS) is 10.6. The largest absolute Gasteiger partial charge is 0.460 e. The minimum Gasteiger partial charge on any atom is -0.460 e. The van der Waals surface area contributed by atoms with Crippen LogP contribution in [-0.4, -0.2) is 27.5 Å². The molecule has 0 fully saturated rings. The minimum atomic E-state index is -0.577. The summed E-state index contributed by atoms with van der Waals surface area (Å²) >= 11 is 3.27. The number of rotatable bonds is 4. The lowest BCUT2D eigenvalue weighted by Crippen LogP contribution is -2.29. The summed E-state index contributed by atoms with van der Waals surface area (Å²) in [6, 6.07) is 6.95. The number of alkyl halides is 1. The van der Waals surface area contributed by atoms with Crippen molar-refractivity contribution in [3.63, 3.8) is 0 Å². The maximum absolute atomic E-state index is 12.3. The van der Waals surface area contributed by atoms with Crippen LogP contribution in [0.5, 0.6) is 0 Å². The first-order valence-electron chi connectivity index (χ1n) is 5.91. The predicted molar refractivity (Wildman–Crippen MR) is 75.8 cm³/mol. The molecule has 0 saturated heterocycles. The van der Waals surface area contributed by atoms with Crippen LogP contribution in [0.1, 0.15) is 17.5 Å². The molecule has 1 aromatic carbocycles. The van der Waals surface area contributed by atoms with Gasteiger partial charge in [0.2, 0.25) is 5.82 Å². The highest BCUT2D eigenvalue weighted by Crippen LogP contribution is 2.09. The van der Waals surface area contributed by atoms with Crippen molar-refractivity contribution in [3.05, 3.63) is 40.4 Å². The van der Waals surface area contributed by atoms with Crippen molar-refractivity contribution in [3.8, 4) is 0 Å².